The molecule has 0 saturated heterocycles. The van der Waals surface area contributed by atoms with Gasteiger partial charge in [0.15, 0.2) is 0 Å². The van der Waals surface area contributed by atoms with Crippen LogP contribution >= 0.6 is 0 Å². The third-order valence-corrected chi connectivity index (χ3v) is 3.96. The Bertz CT molecular complexity index is 414. The van der Waals surface area contributed by atoms with Crippen LogP contribution in [0.15, 0.2) is 24.3 Å². The van der Waals surface area contributed by atoms with Gasteiger partial charge in [-0.05, 0) is 37.6 Å². The first kappa shape index (κ1) is 19.5. The Labute approximate surface area is 141 Å². The van der Waals surface area contributed by atoms with E-state index in [0.717, 1.165) is 24.3 Å². The molecule has 0 bridgehead atoms. The molecule has 23 heavy (non-hydrogen) atoms. The Morgan fingerprint density at radius 1 is 0.870 bits per heavy atom. The lowest BCUT2D eigenvalue weighted by Gasteiger charge is -2.07. The number of amides is 1. The van der Waals surface area contributed by atoms with Crippen LogP contribution in [0.25, 0.3) is 0 Å². The normalized spacial score (nSPS) is 10.5. The molecule has 1 aromatic carbocycles. The van der Waals surface area contributed by atoms with Gasteiger partial charge in [-0.3, -0.25) is 4.79 Å². The summed E-state index contributed by atoms with van der Waals surface area (Å²) in [6, 6.07) is 7.55. The molecule has 0 aliphatic carbocycles. The fourth-order valence-electron chi connectivity index (χ4n) is 2.62. The molecule has 0 saturated carbocycles. The van der Waals surface area contributed by atoms with Crippen molar-refractivity contribution in [1.29, 1.82) is 0 Å². The monoisotopic (exact) mass is 319 g/mol. The quantitative estimate of drug-likeness (QED) is 0.457. The number of anilines is 1. The van der Waals surface area contributed by atoms with Crippen LogP contribution in [0.4, 0.5) is 5.69 Å². The summed E-state index contributed by atoms with van der Waals surface area (Å²) >= 11 is 0. The molecule has 1 rings (SSSR count). The van der Waals surface area contributed by atoms with Gasteiger partial charge in [-0.15, -0.1) is 0 Å². The summed E-state index contributed by atoms with van der Waals surface area (Å²) in [6.45, 7) is 4.86. The second-order valence-corrected chi connectivity index (χ2v) is 6.08. The van der Waals surface area contributed by atoms with Gasteiger partial charge in [0.2, 0.25) is 5.91 Å². The summed E-state index contributed by atoms with van der Waals surface area (Å²) in [5, 5.41) is 2.94. The summed E-state index contributed by atoms with van der Waals surface area (Å²) in [6.07, 6.45) is 12.1. The summed E-state index contributed by atoms with van der Waals surface area (Å²) in [7, 11) is 0. The lowest BCUT2D eigenvalue weighted by atomic mass is 10.1. The second kappa shape index (κ2) is 13.0. The number of carbonyl (C=O) groups is 1. The van der Waals surface area contributed by atoms with Crippen molar-refractivity contribution in [3.8, 4) is 5.75 Å². The third kappa shape index (κ3) is 9.98. The van der Waals surface area contributed by atoms with Crippen LogP contribution in [0, 0.1) is 0 Å². The number of carbonyl (C=O) groups excluding carboxylic acids is 1. The van der Waals surface area contributed by atoms with Crippen molar-refractivity contribution in [2.75, 3.05) is 11.9 Å². The zero-order chi connectivity index (χ0) is 16.8. The molecule has 1 aromatic rings. The molecule has 0 radical (unpaired) electrons. The fraction of sp³-hybridized carbons (Fsp3) is 0.650. The van der Waals surface area contributed by atoms with E-state index in [1.165, 1.54) is 44.9 Å². The van der Waals surface area contributed by atoms with E-state index in [1.807, 2.05) is 31.2 Å². The summed E-state index contributed by atoms with van der Waals surface area (Å²) < 4.78 is 5.39. The van der Waals surface area contributed by atoms with Gasteiger partial charge in [-0.2, -0.15) is 0 Å². The summed E-state index contributed by atoms with van der Waals surface area (Å²) in [5.41, 5.74) is 0.842. The van der Waals surface area contributed by atoms with Crippen LogP contribution in [0.2, 0.25) is 0 Å². The highest BCUT2D eigenvalue weighted by molar-refractivity contribution is 5.90. The minimum atomic E-state index is 0.108. The highest BCUT2D eigenvalue weighted by Crippen LogP contribution is 2.16. The van der Waals surface area contributed by atoms with Crippen LogP contribution < -0.4 is 10.1 Å². The lowest BCUT2D eigenvalue weighted by Crippen LogP contribution is -2.10. The van der Waals surface area contributed by atoms with Crippen LogP contribution in [0.5, 0.6) is 5.75 Å². The molecular weight excluding hydrogens is 286 g/mol. The molecule has 0 aromatic heterocycles. The van der Waals surface area contributed by atoms with E-state index in [9.17, 15) is 4.79 Å². The first-order valence-electron chi connectivity index (χ1n) is 9.29. The van der Waals surface area contributed by atoms with E-state index in [2.05, 4.69) is 12.2 Å². The highest BCUT2D eigenvalue weighted by atomic mass is 16.5. The maximum atomic E-state index is 11.9. The molecule has 0 aliphatic heterocycles. The van der Waals surface area contributed by atoms with Gasteiger partial charge in [0.1, 0.15) is 5.75 Å². The minimum Gasteiger partial charge on any atom is -0.494 e. The molecule has 0 aliphatic rings. The van der Waals surface area contributed by atoms with Crippen molar-refractivity contribution in [2.45, 2.75) is 78.1 Å². The third-order valence-electron chi connectivity index (χ3n) is 3.96. The summed E-state index contributed by atoms with van der Waals surface area (Å²) in [4.78, 5) is 11.9. The van der Waals surface area contributed by atoms with Crippen LogP contribution in [0.3, 0.4) is 0 Å². The van der Waals surface area contributed by atoms with E-state index >= 15 is 0 Å². The van der Waals surface area contributed by atoms with E-state index in [1.54, 1.807) is 0 Å². The maximum absolute atomic E-state index is 11.9. The Kier molecular flexibility index (Phi) is 11.0. The maximum Gasteiger partial charge on any atom is 0.224 e. The second-order valence-electron chi connectivity index (χ2n) is 6.08. The molecule has 3 nitrogen and oxygen atoms in total. The van der Waals surface area contributed by atoms with Crippen molar-refractivity contribution in [1.82, 2.24) is 0 Å². The summed E-state index contributed by atoms with van der Waals surface area (Å²) in [5.74, 6) is 0.946. The molecule has 0 unspecified atom stereocenters. The fourth-order valence-corrected chi connectivity index (χ4v) is 2.62. The van der Waals surface area contributed by atoms with Crippen molar-refractivity contribution in [3.63, 3.8) is 0 Å². The number of hydrogen-bond donors (Lipinski definition) is 1. The van der Waals surface area contributed by atoms with Crippen molar-refractivity contribution < 1.29 is 9.53 Å². The van der Waals surface area contributed by atoms with E-state index in [0.29, 0.717) is 13.0 Å². The predicted octanol–water partition coefficient (Wildman–Crippen LogP) is 5.94. The Morgan fingerprint density at radius 3 is 2.00 bits per heavy atom. The molecule has 0 spiro atoms. The predicted molar refractivity (Wildman–Crippen MR) is 98.1 cm³/mol. The SMILES string of the molecule is CCCCCCCCCCCC(=O)Nc1ccc(OCC)cc1. The van der Waals surface area contributed by atoms with Gasteiger partial charge >= 0.3 is 0 Å². The largest absolute Gasteiger partial charge is 0.494 e. The number of unbranched alkanes of at least 4 members (excludes halogenated alkanes) is 8. The average molecular weight is 319 g/mol. The van der Waals surface area contributed by atoms with Gasteiger partial charge in [-0.25, -0.2) is 0 Å². The smallest absolute Gasteiger partial charge is 0.224 e. The van der Waals surface area contributed by atoms with Gasteiger partial charge in [0.05, 0.1) is 6.61 Å². The number of hydrogen-bond acceptors (Lipinski definition) is 2. The van der Waals surface area contributed by atoms with Crippen molar-refractivity contribution in [3.05, 3.63) is 24.3 Å². The number of nitrogens with one attached hydrogen (secondary N) is 1. The van der Waals surface area contributed by atoms with Crippen LogP contribution in [-0.2, 0) is 4.79 Å². The molecule has 0 heterocycles. The van der Waals surface area contributed by atoms with Crippen molar-refractivity contribution >= 4 is 11.6 Å². The topological polar surface area (TPSA) is 38.3 Å². The Balaban J connectivity index is 2.03. The lowest BCUT2D eigenvalue weighted by molar-refractivity contribution is -0.116. The highest BCUT2D eigenvalue weighted by Gasteiger charge is 2.02. The van der Waals surface area contributed by atoms with Gasteiger partial charge in [0, 0.05) is 12.1 Å². The number of ether oxygens (including phenoxy) is 1. The molecule has 0 fully saturated rings. The van der Waals surface area contributed by atoms with Gasteiger partial charge in [-0.1, -0.05) is 58.3 Å². The molecule has 0 atom stereocenters. The van der Waals surface area contributed by atoms with Gasteiger partial charge in [0.25, 0.3) is 0 Å². The minimum absolute atomic E-state index is 0.108. The van der Waals surface area contributed by atoms with E-state index < -0.39 is 0 Å². The molecule has 1 N–H and O–H groups in total. The Morgan fingerprint density at radius 2 is 1.43 bits per heavy atom. The van der Waals surface area contributed by atoms with Crippen LogP contribution in [-0.4, -0.2) is 12.5 Å². The van der Waals surface area contributed by atoms with Crippen LogP contribution in [0.1, 0.15) is 78.1 Å². The van der Waals surface area contributed by atoms with E-state index in [4.69, 9.17) is 4.74 Å². The molecular formula is C20H33NO2. The number of benzene rings is 1. The average Bonchev–Trinajstić information content (AvgIpc) is 2.55. The molecule has 1 amide bonds. The first-order chi connectivity index (χ1) is 11.3. The van der Waals surface area contributed by atoms with Crippen molar-refractivity contribution in [2.24, 2.45) is 0 Å². The first-order valence-corrected chi connectivity index (χ1v) is 9.29. The van der Waals surface area contributed by atoms with Gasteiger partial charge < -0.3 is 10.1 Å². The van der Waals surface area contributed by atoms with E-state index in [-0.39, 0.29) is 5.91 Å². The molecule has 3 heteroatoms. The number of rotatable bonds is 13. The molecule has 130 valence electrons. The zero-order valence-corrected chi connectivity index (χ0v) is 14.9. The zero-order valence-electron chi connectivity index (χ0n) is 14.9. The Hall–Kier alpha value is -1.51. The standard InChI is InChI=1S/C20H33NO2/c1-3-5-6-7-8-9-10-11-12-13-20(22)21-18-14-16-19(17-15-18)23-4-2/h14-17H,3-13H2,1-2H3,(H,21,22).